The lowest BCUT2D eigenvalue weighted by Crippen LogP contribution is -2.37. The van der Waals surface area contributed by atoms with Crippen molar-refractivity contribution < 1.29 is 37.5 Å². The van der Waals surface area contributed by atoms with Crippen LogP contribution in [0.2, 0.25) is 0 Å². The summed E-state index contributed by atoms with van der Waals surface area (Å²) in [5, 5.41) is 9.58. The van der Waals surface area contributed by atoms with Crippen molar-refractivity contribution in [2.24, 2.45) is 5.92 Å². The lowest BCUT2D eigenvalue weighted by Gasteiger charge is -2.22. The molecule has 1 N–H and O–H groups in total. The molecule has 1 fully saturated rings. The zero-order chi connectivity index (χ0) is 20.2. The molecule has 7 nitrogen and oxygen atoms in total. The molecule has 27 heavy (non-hydrogen) atoms. The quantitative estimate of drug-likeness (QED) is 0.611. The second-order valence-electron chi connectivity index (χ2n) is 5.88. The molecule has 1 unspecified atom stereocenters. The zero-order valence-corrected chi connectivity index (χ0v) is 14.7. The number of carbonyl (C=O) groups is 3. The fourth-order valence-electron chi connectivity index (χ4n) is 2.51. The Labute approximate surface area is 157 Å². The fourth-order valence-corrected chi connectivity index (χ4v) is 2.65. The highest BCUT2D eigenvalue weighted by atomic mass is 35.5. The summed E-state index contributed by atoms with van der Waals surface area (Å²) in [6.07, 6.45) is -5.41. The number of alkyl halides is 4. The number of nitrogens with zero attached hydrogens (tertiary/aromatic N) is 2. The summed E-state index contributed by atoms with van der Waals surface area (Å²) in [5.74, 6) is -2.79. The predicted molar refractivity (Wildman–Crippen MR) is 86.5 cm³/mol. The maximum atomic E-state index is 12.6. The van der Waals surface area contributed by atoms with E-state index in [1.807, 2.05) is 0 Å². The fraction of sp³-hybridized carbons (Fsp3) is 0.438. The maximum absolute atomic E-state index is 12.6. The first-order valence-electron chi connectivity index (χ1n) is 7.84. The van der Waals surface area contributed by atoms with Crippen molar-refractivity contribution >= 4 is 29.6 Å². The molecule has 1 aliphatic heterocycles. The van der Waals surface area contributed by atoms with Gasteiger partial charge in [0.1, 0.15) is 5.88 Å². The van der Waals surface area contributed by atoms with E-state index in [0.717, 1.165) is 29.2 Å². The van der Waals surface area contributed by atoms with Crippen molar-refractivity contribution in [3.63, 3.8) is 0 Å². The van der Waals surface area contributed by atoms with Gasteiger partial charge in [0, 0.05) is 13.1 Å². The Morgan fingerprint density at radius 2 is 1.89 bits per heavy atom. The molecule has 1 heterocycles. The van der Waals surface area contributed by atoms with Crippen LogP contribution in [0.4, 0.5) is 18.0 Å². The van der Waals surface area contributed by atoms with Crippen molar-refractivity contribution in [3.8, 4) is 0 Å². The number of hydrogen-bond acceptors (Lipinski definition) is 4. The maximum Gasteiger partial charge on any atom is 0.416 e. The van der Waals surface area contributed by atoms with Crippen molar-refractivity contribution in [1.29, 1.82) is 0 Å². The second kappa shape index (κ2) is 8.47. The van der Waals surface area contributed by atoms with Crippen molar-refractivity contribution in [2.45, 2.75) is 19.1 Å². The van der Waals surface area contributed by atoms with Crippen LogP contribution in [-0.4, -0.2) is 52.0 Å². The van der Waals surface area contributed by atoms with Gasteiger partial charge in [-0.15, -0.1) is 11.6 Å². The van der Waals surface area contributed by atoms with Gasteiger partial charge < -0.3 is 14.8 Å². The average Bonchev–Trinajstić information content (AvgIpc) is 3.10. The minimum Gasteiger partial charge on any atom is -0.465 e. The molecule has 148 valence electrons. The van der Waals surface area contributed by atoms with E-state index in [2.05, 4.69) is 0 Å². The summed E-state index contributed by atoms with van der Waals surface area (Å²) >= 11 is 5.49. The van der Waals surface area contributed by atoms with Crippen LogP contribution >= 0.6 is 11.6 Å². The third-order valence-corrected chi connectivity index (χ3v) is 4.22. The van der Waals surface area contributed by atoms with Gasteiger partial charge in [-0.3, -0.25) is 4.79 Å². The van der Waals surface area contributed by atoms with Crippen molar-refractivity contribution in [2.75, 3.05) is 19.0 Å². The molecule has 1 aromatic rings. The standard InChI is InChI=1S/C16H16ClF3N2O5/c17-7-13(23)22(8-10-1-3-12(4-2-10)16(18,19)20)27-14(24)11-5-6-21(9-11)15(25)26/h1-4,11H,5-9H2,(H,25,26). The number of carboxylic acid groups (broad SMARTS) is 1. The van der Waals surface area contributed by atoms with Gasteiger partial charge in [-0.25, -0.2) is 9.59 Å². The van der Waals surface area contributed by atoms with Crippen LogP contribution in [0.5, 0.6) is 0 Å². The van der Waals surface area contributed by atoms with Gasteiger partial charge in [0.15, 0.2) is 0 Å². The summed E-state index contributed by atoms with van der Waals surface area (Å²) in [7, 11) is 0. The average molecular weight is 409 g/mol. The summed E-state index contributed by atoms with van der Waals surface area (Å²) in [6, 6.07) is 4.02. The minimum absolute atomic E-state index is 0.0582. The highest BCUT2D eigenvalue weighted by Crippen LogP contribution is 2.29. The molecular formula is C16H16ClF3N2O5. The Morgan fingerprint density at radius 3 is 2.37 bits per heavy atom. The number of halogens is 4. The van der Waals surface area contributed by atoms with E-state index < -0.39 is 41.5 Å². The topological polar surface area (TPSA) is 87.2 Å². The molecule has 2 amide bonds. The van der Waals surface area contributed by atoms with E-state index in [1.165, 1.54) is 0 Å². The van der Waals surface area contributed by atoms with E-state index in [4.69, 9.17) is 21.5 Å². The number of hydroxylamine groups is 2. The summed E-state index contributed by atoms with van der Waals surface area (Å²) in [4.78, 5) is 41.1. The first-order chi connectivity index (χ1) is 12.6. The van der Waals surface area contributed by atoms with Gasteiger partial charge in [0.05, 0.1) is 18.0 Å². The van der Waals surface area contributed by atoms with E-state index in [9.17, 15) is 27.6 Å². The van der Waals surface area contributed by atoms with Crippen LogP contribution in [0.25, 0.3) is 0 Å². The molecule has 0 aromatic heterocycles. The number of carbonyl (C=O) groups excluding carboxylic acids is 2. The SMILES string of the molecule is O=C(ON(Cc1ccc(C(F)(F)F)cc1)C(=O)CCl)C1CCN(C(=O)O)C1. The monoisotopic (exact) mass is 408 g/mol. The van der Waals surface area contributed by atoms with Gasteiger partial charge in [-0.05, 0) is 24.1 Å². The van der Waals surface area contributed by atoms with Crippen LogP contribution in [0.1, 0.15) is 17.5 Å². The Balaban J connectivity index is 2.04. The van der Waals surface area contributed by atoms with Crippen molar-refractivity contribution in [3.05, 3.63) is 35.4 Å². The van der Waals surface area contributed by atoms with Gasteiger partial charge in [-0.2, -0.15) is 18.2 Å². The van der Waals surface area contributed by atoms with E-state index in [1.54, 1.807) is 0 Å². The normalized spacial score (nSPS) is 16.9. The predicted octanol–water partition coefficient (Wildman–Crippen LogP) is 2.73. The third-order valence-electron chi connectivity index (χ3n) is 3.99. The van der Waals surface area contributed by atoms with E-state index in [-0.39, 0.29) is 26.1 Å². The van der Waals surface area contributed by atoms with E-state index in [0.29, 0.717) is 10.6 Å². The van der Waals surface area contributed by atoms with Crippen molar-refractivity contribution in [1.82, 2.24) is 9.96 Å². The minimum atomic E-state index is -4.49. The molecule has 1 aliphatic rings. The smallest absolute Gasteiger partial charge is 0.416 e. The first kappa shape index (κ1) is 20.8. The Morgan fingerprint density at radius 1 is 1.26 bits per heavy atom. The number of benzene rings is 1. The summed E-state index contributed by atoms with van der Waals surface area (Å²) in [6.45, 7) is -0.181. The van der Waals surface area contributed by atoms with Crippen LogP contribution in [0, 0.1) is 5.92 Å². The highest BCUT2D eigenvalue weighted by Gasteiger charge is 2.34. The number of likely N-dealkylation sites (tertiary alicyclic amines) is 1. The van der Waals surface area contributed by atoms with Crippen LogP contribution in [0.15, 0.2) is 24.3 Å². The second-order valence-corrected chi connectivity index (χ2v) is 6.15. The molecule has 0 saturated carbocycles. The van der Waals surface area contributed by atoms with Crippen LogP contribution in [-0.2, 0) is 27.1 Å². The molecule has 0 spiro atoms. The first-order valence-corrected chi connectivity index (χ1v) is 8.37. The molecule has 1 atom stereocenters. The van der Waals surface area contributed by atoms with E-state index >= 15 is 0 Å². The van der Waals surface area contributed by atoms with Gasteiger partial charge in [-0.1, -0.05) is 12.1 Å². The summed E-state index contributed by atoms with van der Waals surface area (Å²) in [5.41, 5.74) is -0.550. The molecule has 2 rings (SSSR count). The van der Waals surface area contributed by atoms with Crippen LogP contribution in [0.3, 0.4) is 0 Å². The van der Waals surface area contributed by atoms with Gasteiger partial charge in [0.2, 0.25) is 0 Å². The number of amides is 2. The Hall–Kier alpha value is -2.49. The molecular weight excluding hydrogens is 393 g/mol. The lowest BCUT2D eigenvalue weighted by atomic mass is 10.1. The Bertz CT molecular complexity index is 711. The number of rotatable bonds is 4. The molecule has 0 radical (unpaired) electrons. The third kappa shape index (κ3) is 5.49. The highest BCUT2D eigenvalue weighted by molar-refractivity contribution is 6.27. The number of hydrogen-bond donors (Lipinski definition) is 1. The lowest BCUT2D eigenvalue weighted by molar-refractivity contribution is -0.202. The Kier molecular flexibility index (Phi) is 6.53. The summed E-state index contributed by atoms with van der Waals surface area (Å²) < 4.78 is 37.8. The zero-order valence-electron chi connectivity index (χ0n) is 13.9. The van der Waals surface area contributed by atoms with Gasteiger partial charge in [0.25, 0.3) is 5.91 Å². The molecule has 1 saturated heterocycles. The molecule has 0 bridgehead atoms. The van der Waals surface area contributed by atoms with Gasteiger partial charge >= 0.3 is 18.2 Å². The molecule has 1 aromatic carbocycles. The molecule has 11 heteroatoms. The van der Waals surface area contributed by atoms with Crippen LogP contribution < -0.4 is 0 Å². The molecule has 0 aliphatic carbocycles. The largest absolute Gasteiger partial charge is 0.465 e.